The van der Waals surface area contributed by atoms with Gasteiger partial charge in [0, 0.05) is 47.5 Å². The van der Waals surface area contributed by atoms with E-state index in [1.165, 1.54) is 48.5 Å². The molecule has 1 fully saturated rings. The van der Waals surface area contributed by atoms with Crippen molar-refractivity contribution in [2.75, 3.05) is 10.6 Å². The van der Waals surface area contributed by atoms with Gasteiger partial charge in [0.15, 0.2) is 0 Å². The lowest BCUT2D eigenvalue weighted by Gasteiger charge is -2.27. The van der Waals surface area contributed by atoms with Gasteiger partial charge in [0.05, 0.1) is 9.85 Å². The van der Waals surface area contributed by atoms with Gasteiger partial charge in [-0.15, -0.1) is 0 Å². The Kier molecular flexibility index (Phi) is 6.35. The lowest BCUT2D eigenvalue weighted by atomic mass is 9.81. The predicted molar refractivity (Wildman–Crippen MR) is 109 cm³/mol. The smallest absolute Gasteiger partial charge is 0.269 e. The summed E-state index contributed by atoms with van der Waals surface area (Å²) >= 11 is 0. The minimum atomic E-state index is -0.505. The molecule has 0 bridgehead atoms. The van der Waals surface area contributed by atoms with E-state index in [1.54, 1.807) is 0 Å². The SMILES string of the molecule is O=C(Nc1ccc([N+](=O)[O-])cc1)C1CCC(C(=O)Nc2ccc([N+](=O)[O-])cc2)CC1. The fraction of sp³-hybridized carbons (Fsp3) is 0.300. The molecular weight excluding hydrogens is 392 g/mol. The number of nitrogens with zero attached hydrogens (tertiary/aromatic N) is 2. The van der Waals surface area contributed by atoms with Gasteiger partial charge >= 0.3 is 0 Å². The zero-order chi connectivity index (χ0) is 21.7. The third-order valence-electron chi connectivity index (χ3n) is 5.16. The first-order valence-corrected chi connectivity index (χ1v) is 9.44. The maximum absolute atomic E-state index is 12.4. The zero-order valence-electron chi connectivity index (χ0n) is 15.9. The molecule has 0 aromatic heterocycles. The first-order chi connectivity index (χ1) is 14.3. The van der Waals surface area contributed by atoms with Crippen molar-refractivity contribution < 1.29 is 19.4 Å². The highest BCUT2D eigenvalue weighted by Gasteiger charge is 2.30. The third-order valence-corrected chi connectivity index (χ3v) is 5.16. The number of hydrogen-bond acceptors (Lipinski definition) is 6. The molecule has 0 unspecified atom stereocenters. The van der Waals surface area contributed by atoms with Gasteiger partial charge in [-0.2, -0.15) is 0 Å². The van der Waals surface area contributed by atoms with Crippen LogP contribution in [0.4, 0.5) is 22.7 Å². The summed E-state index contributed by atoms with van der Waals surface area (Å²) in [6, 6.07) is 11.3. The molecule has 10 nitrogen and oxygen atoms in total. The van der Waals surface area contributed by atoms with E-state index in [1.807, 2.05) is 0 Å². The van der Waals surface area contributed by atoms with Crippen LogP contribution in [0.3, 0.4) is 0 Å². The number of nitrogens with one attached hydrogen (secondary N) is 2. The average Bonchev–Trinajstić information content (AvgIpc) is 2.74. The number of carbonyl (C=O) groups is 2. The lowest BCUT2D eigenvalue weighted by molar-refractivity contribution is -0.385. The summed E-state index contributed by atoms with van der Waals surface area (Å²) in [5.74, 6) is -0.802. The summed E-state index contributed by atoms with van der Waals surface area (Å²) in [5.41, 5.74) is 0.882. The number of non-ortho nitro benzene ring substituents is 2. The molecule has 156 valence electrons. The molecule has 10 heteroatoms. The molecule has 2 amide bonds. The molecule has 3 rings (SSSR count). The highest BCUT2D eigenvalue weighted by Crippen LogP contribution is 2.31. The number of nitro benzene ring substituents is 2. The molecule has 2 aromatic rings. The number of hydrogen-bond donors (Lipinski definition) is 2. The minimum absolute atomic E-state index is 0.0486. The second-order valence-corrected chi connectivity index (χ2v) is 7.14. The van der Waals surface area contributed by atoms with Crippen molar-refractivity contribution in [2.24, 2.45) is 11.8 Å². The summed E-state index contributed by atoms with van der Waals surface area (Å²) in [5, 5.41) is 26.9. The third kappa shape index (κ3) is 5.16. The molecular formula is C20H20N4O6. The quantitative estimate of drug-likeness (QED) is 0.544. The molecule has 1 saturated carbocycles. The molecule has 2 aromatic carbocycles. The van der Waals surface area contributed by atoms with E-state index in [0.29, 0.717) is 37.1 Å². The minimum Gasteiger partial charge on any atom is -0.326 e. The van der Waals surface area contributed by atoms with Crippen LogP contribution < -0.4 is 10.6 Å². The molecule has 0 spiro atoms. The zero-order valence-corrected chi connectivity index (χ0v) is 15.9. The monoisotopic (exact) mass is 412 g/mol. The van der Waals surface area contributed by atoms with Gasteiger partial charge in [0.25, 0.3) is 11.4 Å². The molecule has 0 heterocycles. The normalized spacial score (nSPS) is 18.3. The van der Waals surface area contributed by atoms with Gasteiger partial charge in [0.2, 0.25) is 11.8 Å². The maximum Gasteiger partial charge on any atom is 0.269 e. The van der Waals surface area contributed by atoms with E-state index in [9.17, 15) is 29.8 Å². The Balaban J connectivity index is 1.48. The van der Waals surface area contributed by atoms with Gasteiger partial charge < -0.3 is 10.6 Å². The fourth-order valence-corrected chi connectivity index (χ4v) is 3.44. The largest absolute Gasteiger partial charge is 0.326 e. The highest BCUT2D eigenvalue weighted by atomic mass is 16.6. The summed E-state index contributed by atoms with van der Waals surface area (Å²) in [6.07, 6.45) is 2.21. The van der Waals surface area contributed by atoms with Crippen LogP contribution in [0.2, 0.25) is 0 Å². The number of benzene rings is 2. The maximum atomic E-state index is 12.4. The van der Waals surface area contributed by atoms with Crippen molar-refractivity contribution in [3.8, 4) is 0 Å². The number of carbonyl (C=O) groups excluding carboxylic acids is 2. The van der Waals surface area contributed by atoms with Crippen LogP contribution in [-0.4, -0.2) is 21.7 Å². The lowest BCUT2D eigenvalue weighted by Crippen LogP contribution is -2.32. The van der Waals surface area contributed by atoms with Gasteiger partial charge in [-0.3, -0.25) is 29.8 Å². The Labute approximate surface area is 171 Å². The Morgan fingerprint density at radius 3 is 1.23 bits per heavy atom. The van der Waals surface area contributed by atoms with Gasteiger partial charge in [-0.1, -0.05) is 0 Å². The Morgan fingerprint density at radius 2 is 0.967 bits per heavy atom. The van der Waals surface area contributed by atoms with Gasteiger partial charge in [-0.05, 0) is 49.9 Å². The Bertz CT molecular complexity index is 871. The van der Waals surface area contributed by atoms with Crippen LogP contribution in [0.5, 0.6) is 0 Å². The van der Waals surface area contributed by atoms with Crippen molar-refractivity contribution in [1.29, 1.82) is 0 Å². The topological polar surface area (TPSA) is 144 Å². The standard InChI is InChI=1S/C20H20N4O6/c25-19(21-15-5-9-17(10-6-15)23(27)28)13-1-2-14(4-3-13)20(26)22-16-7-11-18(12-8-16)24(29)30/h5-14H,1-4H2,(H,21,25)(H,22,26). The van der Waals surface area contributed by atoms with E-state index in [4.69, 9.17) is 0 Å². The van der Waals surface area contributed by atoms with Crippen LogP contribution in [0.25, 0.3) is 0 Å². The van der Waals surface area contributed by atoms with Crippen molar-refractivity contribution in [1.82, 2.24) is 0 Å². The predicted octanol–water partition coefficient (Wildman–Crippen LogP) is 3.89. The van der Waals surface area contributed by atoms with Crippen LogP contribution in [-0.2, 0) is 9.59 Å². The summed E-state index contributed by atoms with van der Waals surface area (Å²) < 4.78 is 0. The molecule has 1 aliphatic carbocycles. The van der Waals surface area contributed by atoms with E-state index in [2.05, 4.69) is 10.6 Å². The van der Waals surface area contributed by atoms with Crippen molar-refractivity contribution >= 4 is 34.6 Å². The number of rotatable bonds is 6. The first kappa shape index (κ1) is 20.9. The average molecular weight is 412 g/mol. The number of nitro groups is 2. The summed E-state index contributed by atoms with van der Waals surface area (Å²) in [4.78, 5) is 45.2. The number of anilines is 2. The van der Waals surface area contributed by atoms with Gasteiger partial charge in [0.1, 0.15) is 0 Å². The summed E-state index contributed by atoms with van der Waals surface area (Å²) in [7, 11) is 0. The van der Waals surface area contributed by atoms with Crippen LogP contribution in [0.1, 0.15) is 25.7 Å². The summed E-state index contributed by atoms with van der Waals surface area (Å²) in [6.45, 7) is 0. The highest BCUT2D eigenvalue weighted by molar-refractivity contribution is 5.94. The Morgan fingerprint density at radius 1 is 0.667 bits per heavy atom. The van der Waals surface area contributed by atoms with E-state index in [0.717, 1.165) is 0 Å². The molecule has 0 aliphatic heterocycles. The fourth-order valence-electron chi connectivity index (χ4n) is 3.44. The van der Waals surface area contributed by atoms with E-state index < -0.39 is 9.85 Å². The molecule has 0 saturated heterocycles. The number of amides is 2. The van der Waals surface area contributed by atoms with Crippen LogP contribution >= 0.6 is 0 Å². The first-order valence-electron chi connectivity index (χ1n) is 9.44. The molecule has 30 heavy (non-hydrogen) atoms. The Hall–Kier alpha value is -3.82. The second-order valence-electron chi connectivity index (χ2n) is 7.14. The van der Waals surface area contributed by atoms with E-state index in [-0.39, 0.29) is 35.0 Å². The molecule has 0 radical (unpaired) electrons. The molecule has 0 atom stereocenters. The van der Waals surface area contributed by atoms with Crippen LogP contribution in [0, 0.1) is 32.1 Å². The van der Waals surface area contributed by atoms with Crippen LogP contribution in [0.15, 0.2) is 48.5 Å². The van der Waals surface area contributed by atoms with Crippen molar-refractivity contribution in [3.05, 3.63) is 68.8 Å². The van der Waals surface area contributed by atoms with Crippen molar-refractivity contribution in [3.63, 3.8) is 0 Å². The second kappa shape index (κ2) is 9.12. The van der Waals surface area contributed by atoms with Crippen molar-refractivity contribution in [2.45, 2.75) is 25.7 Å². The molecule has 2 N–H and O–H groups in total. The molecule has 1 aliphatic rings. The van der Waals surface area contributed by atoms with E-state index >= 15 is 0 Å². The van der Waals surface area contributed by atoms with Gasteiger partial charge in [-0.25, -0.2) is 0 Å².